The number of fused-ring (bicyclic) bond motifs is 1. The number of ether oxygens (including phenoxy) is 2. The van der Waals surface area contributed by atoms with Crippen LogP contribution in [0.1, 0.15) is 32.6 Å². The third kappa shape index (κ3) is 6.40. The first kappa shape index (κ1) is 25.5. The Labute approximate surface area is 226 Å². The van der Waals surface area contributed by atoms with Gasteiger partial charge in [0.2, 0.25) is 18.6 Å². The summed E-state index contributed by atoms with van der Waals surface area (Å²) in [5.41, 5.74) is 4.29. The number of ketones is 1. The average Bonchev–Trinajstić information content (AvgIpc) is 3.42. The van der Waals surface area contributed by atoms with Crippen LogP contribution in [-0.4, -0.2) is 24.4 Å². The summed E-state index contributed by atoms with van der Waals surface area (Å²) in [5.74, 6) is 0.402. The lowest BCUT2D eigenvalue weighted by Gasteiger charge is -2.13. The Morgan fingerprint density at radius 2 is 1.59 bits per heavy atom. The van der Waals surface area contributed by atoms with Gasteiger partial charge in [-0.15, -0.1) is 0 Å². The molecular weight excluding hydrogens is 492 g/mol. The van der Waals surface area contributed by atoms with Gasteiger partial charge in [0.1, 0.15) is 0 Å². The van der Waals surface area contributed by atoms with E-state index >= 15 is 0 Å². The molecule has 0 saturated carbocycles. The molecule has 0 fully saturated rings. The van der Waals surface area contributed by atoms with Crippen molar-refractivity contribution < 1.29 is 23.9 Å². The number of hydrogen-bond acceptors (Lipinski definition) is 5. The molecule has 0 spiro atoms. The van der Waals surface area contributed by atoms with Gasteiger partial charge in [0.25, 0.3) is 0 Å². The maximum absolute atomic E-state index is 13.4. The van der Waals surface area contributed by atoms with Gasteiger partial charge in [-0.3, -0.25) is 14.4 Å². The molecule has 7 nitrogen and oxygen atoms in total. The molecule has 1 heterocycles. The fourth-order valence-corrected chi connectivity index (χ4v) is 4.12. The molecule has 194 valence electrons. The second-order valence-electron chi connectivity index (χ2n) is 9.10. The molecule has 0 bridgehead atoms. The normalized spacial score (nSPS) is 11.8. The topological polar surface area (TPSA) is 93.7 Å². The van der Waals surface area contributed by atoms with E-state index in [0.717, 1.165) is 16.7 Å². The first-order valence-corrected chi connectivity index (χ1v) is 12.4. The fraction of sp³-hybridized carbons (Fsp3) is 0.0938. The Bertz CT molecular complexity index is 1560. The highest BCUT2D eigenvalue weighted by Crippen LogP contribution is 2.32. The van der Waals surface area contributed by atoms with Crippen molar-refractivity contribution in [2.24, 2.45) is 0 Å². The van der Waals surface area contributed by atoms with E-state index in [1.807, 2.05) is 43.3 Å². The van der Waals surface area contributed by atoms with E-state index in [1.165, 1.54) is 6.08 Å². The van der Waals surface area contributed by atoms with Crippen LogP contribution in [0.5, 0.6) is 11.5 Å². The third-order valence-corrected chi connectivity index (χ3v) is 6.15. The zero-order valence-corrected chi connectivity index (χ0v) is 21.3. The minimum Gasteiger partial charge on any atom is -0.454 e. The van der Waals surface area contributed by atoms with Crippen LogP contribution in [0, 0.1) is 6.92 Å². The van der Waals surface area contributed by atoms with E-state index in [0.29, 0.717) is 28.4 Å². The van der Waals surface area contributed by atoms with Crippen LogP contribution in [0.3, 0.4) is 0 Å². The summed E-state index contributed by atoms with van der Waals surface area (Å²) in [5, 5.41) is 5.65. The number of carbonyl (C=O) groups excluding carboxylic acids is 3. The van der Waals surface area contributed by atoms with Crippen molar-refractivity contribution in [3.05, 3.63) is 125 Å². The minimum atomic E-state index is -0.373. The van der Waals surface area contributed by atoms with Crippen LogP contribution in [0.4, 0.5) is 11.4 Å². The molecule has 5 rings (SSSR count). The third-order valence-electron chi connectivity index (χ3n) is 6.15. The van der Waals surface area contributed by atoms with Crippen molar-refractivity contribution in [1.82, 2.24) is 0 Å². The number of aryl methyl sites for hydroxylation is 1. The van der Waals surface area contributed by atoms with E-state index in [4.69, 9.17) is 9.47 Å². The summed E-state index contributed by atoms with van der Waals surface area (Å²) in [4.78, 5) is 38.9. The molecule has 0 unspecified atom stereocenters. The van der Waals surface area contributed by atoms with Crippen molar-refractivity contribution in [3.8, 4) is 11.5 Å². The summed E-state index contributed by atoms with van der Waals surface area (Å²) in [6.07, 6.45) is 3.23. The van der Waals surface area contributed by atoms with Crippen LogP contribution < -0.4 is 20.1 Å². The summed E-state index contributed by atoms with van der Waals surface area (Å²) in [6, 6.07) is 26.7. The predicted molar refractivity (Wildman–Crippen MR) is 150 cm³/mol. The lowest BCUT2D eigenvalue weighted by molar-refractivity contribution is -0.115. The quantitative estimate of drug-likeness (QED) is 0.228. The molecule has 39 heavy (non-hydrogen) atoms. The van der Waals surface area contributed by atoms with Crippen molar-refractivity contribution in [2.75, 3.05) is 17.4 Å². The minimum absolute atomic E-state index is 0.169. The lowest BCUT2D eigenvalue weighted by atomic mass is 10.0. The molecule has 0 radical (unpaired) electrons. The van der Waals surface area contributed by atoms with E-state index < -0.39 is 0 Å². The maximum atomic E-state index is 13.4. The molecule has 1 aliphatic heterocycles. The highest BCUT2D eigenvalue weighted by atomic mass is 16.7. The van der Waals surface area contributed by atoms with Gasteiger partial charge in [0.05, 0.1) is 12.1 Å². The zero-order chi connectivity index (χ0) is 27.2. The summed E-state index contributed by atoms with van der Waals surface area (Å²) in [7, 11) is 0. The average molecular weight is 519 g/mol. The molecule has 0 atom stereocenters. The van der Waals surface area contributed by atoms with Gasteiger partial charge in [0, 0.05) is 22.9 Å². The van der Waals surface area contributed by atoms with E-state index in [1.54, 1.807) is 60.7 Å². The highest BCUT2D eigenvalue weighted by Gasteiger charge is 2.17. The molecule has 0 aliphatic carbocycles. The Morgan fingerprint density at radius 1 is 0.821 bits per heavy atom. The standard InChI is InChI=1S/C32H26N2O5/c1-21-7-9-23(10-8-21)18-31(36)34-27-14-13-25(19-26(27)32(37)24-5-3-2-4-6-24)33-30(35)16-12-22-11-15-28-29(17-22)39-20-38-28/h2-17,19H,18,20H2,1H3,(H,33,35)(H,34,36)/b16-12+. The van der Waals surface area contributed by atoms with Crippen molar-refractivity contribution >= 4 is 35.0 Å². The van der Waals surface area contributed by atoms with Gasteiger partial charge in [-0.1, -0.05) is 66.2 Å². The molecular formula is C32H26N2O5. The van der Waals surface area contributed by atoms with Gasteiger partial charge >= 0.3 is 0 Å². The molecule has 1 aliphatic rings. The molecule has 0 aromatic heterocycles. The molecule has 4 aromatic rings. The number of hydrogen-bond donors (Lipinski definition) is 2. The van der Waals surface area contributed by atoms with Crippen molar-refractivity contribution in [2.45, 2.75) is 13.3 Å². The van der Waals surface area contributed by atoms with Crippen LogP contribution in [0.25, 0.3) is 6.08 Å². The van der Waals surface area contributed by atoms with Gasteiger partial charge in [0.15, 0.2) is 17.3 Å². The first-order valence-electron chi connectivity index (χ1n) is 12.4. The second-order valence-corrected chi connectivity index (χ2v) is 9.10. The summed E-state index contributed by atoms with van der Waals surface area (Å²) >= 11 is 0. The number of carbonyl (C=O) groups is 3. The largest absolute Gasteiger partial charge is 0.454 e. The van der Waals surface area contributed by atoms with Gasteiger partial charge < -0.3 is 20.1 Å². The Kier molecular flexibility index (Phi) is 7.50. The molecule has 2 N–H and O–H groups in total. The van der Waals surface area contributed by atoms with E-state index in [9.17, 15) is 14.4 Å². The van der Waals surface area contributed by atoms with Gasteiger partial charge in [-0.2, -0.15) is 0 Å². The Balaban J connectivity index is 1.34. The van der Waals surface area contributed by atoms with Crippen LogP contribution in [0.15, 0.2) is 97.1 Å². The smallest absolute Gasteiger partial charge is 0.248 e. The second kappa shape index (κ2) is 11.5. The zero-order valence-electron chi connectivity index (χ0n) is 21.3. The SMILES string of the molecule is Cc1ccc(CC(=O)Nc2ccc(NC(=O)/C=C/c3ccc4c(c3)OCO4)cc2C(=O)c2ccccc2)cc1. The number of nitrogens with one attached hydrogen (secondary N) is 2. The number of amides is 2. The van der Waals surface area contributed by atoms with Crippen LogP contribution in [0.2, 0.25) is 0 Å². The summed E-state index contributed by atoms with van der Waals surface area (Å²) in [6.45, 7) is 2.16. The van der Waals surface area contributed by atoms with Crippen molar-refractivity contribution in [3.63, 3.8) is 0 Å². The molecule has 4 aromatic carbocycles. The molecule has 7 heteroatoms. The number of benzene rings is 4. The monoisotopic (exact) mass is 518 g/mol. The fourth-order valence-electron chi connectivity index (χ4n) is 4.12. The number of rotatable bonds is 8. The van der Waals surface area contributed by atoms with Crippen LogP contribution in [-0.2, 0) is 16.0 Å². The summed E-state index contributed by atoms with van der Waals surface area (Å²) < 4.78 is 10.7. The highest BCUT2D eigenvalue weighted by molar-refractivity contribution is 6.15. The predicted octanol–water partition coefficient (Wildman–Crippen LogP) is 5.79. The Morgan fingerprint density at radius 3 is 2.38 bits per heavy atom. The van der Waals surface area contributed by atoms with Gasteiger partial charge in [-0.25, -0.2) is 0 Å². The molecule has 2 amide bonds. The lowest BCUT2D eigenvalue weighted by Crippen LogP contribution is -2.18. The Hall–Kier alpha value is -5.17. The van der Waals surface area contributed by atoms with Crippen LogP contribution >= 0.6 is 0 Å². The van der Waals surface area contributed by atoms with E-state index in [2.05, 4.69) is 10.6 Å². The van der Waals surface area contributed by atoms with Gasteiger partial charge in [-0.05, 0) is 54.5 Å². The first-order chi connectivity index (χ1) is 18.9. The molecule has 0 saturated heterocycles. The maximum Gasteiger partial charge on any atom is 0.248 e. The number of anilines is 2. The van der Waals surface area contributed by atoms with Crippen molar-refractivity contribution in [1.29, 1.82) is 0 Å². The van der Waals surface area contributed by atoms with E-state index in [-0.39, 0.29) is 36.4 Å².